The van der Waals surface area contributed by atoms with Crippen LogP contribution in [0.15, 0.2) is 22.7 Å². The molecule has 0 unspecified atom stereocenters. The van der Waals surface area contributed by atoms with Crippen molar-refractivity contribution in [3.8, 4) is 0 Å². The first kappa shape index (κ1) is 14.0. The zero-order valence-electron chi connectivity index (χ0n) is 10.1. The molecule has 0 spiro atoms. The van der Waals surface area contributed by atoms with E-state index < -0.39 is 0 Å². The highest BCUT2D eigenvalue weighted by molar-refractivity contribution is 9.10. The summed E-state index contributed by atoms with van der Waals surface area (Å²) < 4.78 is 0.888. The fourth-order valence-electron chi connectivity index (χ4n) is 1.74. The van der Waals surface area contributed by atoms with Crippen molar-refractivity contribution < 1.29 is 5.11 Å². The molecule has 4 N–H and O–H groups in total. The molecule has 0 aromatic heterocycles. The Labute approximate surface area is 110 Å². The number of aliphatic hydroxyl groups excluding tert-OH is 1. The number of benzene rings is 1. The van der Waals surface area contributed by atoms with E-state index in [1.165, 1.54) is 0 Å². The third kappa shape index (κ3) is 3.44. The number of anilines is 1. The zero-order valence-corrected chi connectivity index (χ0v) is 11.7. The standard InChI is InChI=1S/C12H18BrN3O/c1-8(2)16(5-6-17)11-4-3-9(13)7-10(11)12(14)15/h3-4,7-8,17H,5-6H2,1-2H3,(H3,14,15). The van der Waals surface area contributed by atoms with Crippen molar-refractivity contribution in [1.29, 1.82) is 5.41 Å². The molecular formula is C12H18BrN3O. The molecule has 0 atom stereocenters. The quantitative estimate of drug-likeness (QED) is 0.575. The number of nitrogens with one attached hydrogen (secondary N) is 1. The third-order valence-corrected chi connectivity index (χ3v) is 3.02. The molecule has 0 amide bonds. The molecule has 1 rings (SSSR count). The summed E-state index contributed by atoms with van der Waals surface area (Å²) >= 11 is 3.37. The van der Waals surface area contributed by atoms with E-state index in [9.17, 15) is 0 Å². The van der Waals surface area contributed by atoms with Crippen molar-refractivity contribution in [3.05, 3.63) is 28.2 Å². The summed E-state index contributed by atoms with van der Waals surface area (Å²) in [5.41, 5.74) is 7.15. The molecule has 94 valence electrons. The van der Waals surface area contributed by atoms with Crippen LogP contribution in [0.5, 0.6) is 0 Å². The van der Waals surface area contributed by atoms with Crippen LogP contribution < -0.4 is 10.6 Å². The van der Waals surface area contributed by atoms with Crippen molar-refractivity contribution in [1.82, 2.24) is 0 Å². The second kappa shape index (κ2) is 6.02. The maximum absolute atomic E-state index is 9.10. The van der Waals surface area contributed by atoms with Crippen LogP contribution in [0, 0.1) is 5.41 Å². The van der Waals surface area contributed by atoms with E-state index in [1.807, 2.05) is 36.9 Å². The Morgan fingerprint density at radius 1 is 1.53 bits per heavy atom. The predicted octanol–water partition coefficient (Wildman–Crippen LogP) is 1.94. The topological polar surface area (TPSA) is 73.3 Å². The zero-order chi connectivity index (χ0) is 13.0. The number of aliphatic hydroxyl groups is 1. The Hall–Kier alpha value is -1.07. The molecule has 17 heavy (non-hydrogen) atoms. The minimum Gasteiger partial charge on any atom is -0.395 e. The van der Waals surface area contributed by atoms with Gasteiger partial charge in [-0.15, -0.1) is 0 Å². The van der Waals surface area contributed by atoms with Gasteiger partial charge < -0.3 is 15.7 Å². The molecule has 0 saturated carbocycles. The highest BCUT2D eigenvalue weighted by Crippen LogP contribution is 2.25. The van der Waals surface area contributed by atoms with Crippen LogP contribution in [0.1, 0.15) is 19.4 Å². The fourth-order valence-corrected chi connectivity index (χ4v) is 2.10. The van der Waals surface area contributed by atoms with E-state index in [0.29, 0.717) is 12.1 Å². The van der Waals surface area contributed by atoms with Gasteiger partial charge in [-0.2, -0.15) is 0 Å². The number of rotatable bonds is 5. The first-order chi connectivity index (χ1) is 7.97. The molecule has 0 fully saturated rings. The highest BCUT2D eigenvalue weighted by atomic mass is 79.9. The lowest BCUT2D eigenvalue weighted by Gasteiger charge is -2.30. The minimum absolute atomic E-state index is 0.0323. The Balaban J connectivity index is 3.22. The predicted molar refractivity (Wildman–Crippen MR) is 74.7 cm³/mol. The van der Waals surface area contributed by atoms with Crippen LogP contribution in [0.2, 0.25) is 0 Å². The Morgan fingerprint density at radius 2 is 2.18 bits per heavy atom. The van der Waals surface area contributed by atoms with Crippen LogP contribution >= 0.6 is 15.9 Å². The summed E-state index contributed by atoms with van der Waals surface area (Å²) in [5.74, 6) is 0.0323. The maximum atomic E-state index is 9.10. The Morgan fingerprint density at radius 3 is 2.65 bits per heavy atom. The lowest BCUT2D eigenvalue weighted by molar-refractivity contribution is 0.299. The van der Waals surface area contributed by atoms with Gasteiger partial charge >= 0.3 is 0 Å². The van der Waals surface area contributed by atoms with Gasteiger partial charge in [0.2, 0.25) is 0 Å². The lowest BCUT2D eigenvalue weighted by atomic mass is 10.1. The number of halogens is 1. The van der Waals surface area contributed by atoms with E-state index in [2.05, 4.69) is 15.9 Å². The first-order valence-electron chi connectivity index (χ1n) is 5.48. The molecule has 4 nitrogen and oxygen atoms in total. The largest absolute Gasteiger partial charge is 0.395 e. The minimum atomic E-state index is 0.0323. The van der Waals surface area contributed by atoms with Gasteiger partial charge in [-0.05, 0) is 32.0 Å². The van der Waals surface area contributed by atoms with Gasteiger partial charge in [0.25, 0.3) is 0 Å². The number of nitrogen functional groups attached to an aromatic ring is 1. The van der Waals surface area contributed by atoms with Crippen molar-refractivity contribution >= 4 is 27.5 Å². The summed E-state index contributed by atoms with van der Waals surface area (Å²) in [6.45, 7) is 4.69. The molecule has 0 aliphatic heterocycles. The Kier molecular flexibility index (Phi) is 4.96. The van der Waals surface area contributed by atoms with E-state index in [-0.39, 0.29) is 18.5 Å². The van der Waals surface area contributed by atoms with Crippen molar-refractivity contribution in [2.75, 3.05) is 18.1 Å². The van der Waals surface area contributed by atoms with Gasteiger partial charge in [-0.1, -0.05) is 15.9 Å². The second-order valence-electron chi connectivity index (χ2n) is 4.09. The van der Waals surface area contributed by atoms with Gasteiger partial charge in [0, 0.05) is 28.3 Å². The molecule has 0 saturated heterocycles. The monoisotopic (exact) mass is 299 g/mol. The molecule has 0 radical (unpaired) electrons. The number of hydrogen-bond acceptors (Lipinski definition) is 3. The van der Waals surface area contributed by atoms with Gasteiger partial charge in [0.05, 0.1) is 6.61 Å². The van der Waals surface area contributed by atoms with Crippen molar-refractivity contribution in [3.63, 3.8) is 0 Å². The van der Waals surface area contributed by atoms with Crippen molar-refractivity contribution in [2.24, 2.45) is 5.73 Å². The number of nitrogens with two attached hydrogens (primary N) is 1. The van der Waals surface area contributed by atoms with Crippen LogP contribution in [0.4, 0.5) is 5.69 Å². The smallest absolute Gasteiger partial charge is 0.124 e. The number of hydrogen-bond donors (Lipinski definition) is 3. The summed E-state index contributed by atoms with van der Waals surface area (Å²) in [6, 6.07) is 5.89. The summed E-state index contributed by atoms with van der Waals surface area (Å²) in [4.78, 5) is 2.03. The molecule has 0 bridgehead atoms. The van der Waals surface area contributed by atoms with Crippen LogP contribution in [-0.2, 0) is 0 Å². The molecule has 5 heteroatoms. The van der Waals surface area contributed by atoms with Crippen molar-refractivity contribution in [2.45, 2.75) is 19.9 Å². The SMILES string of the molecule is CC(C)N(CCO)c1ccc(Br)cc1C(=N)N. The molecular weight excluding hydrogens is 282 g/mol. The first-order valence-corrected chi connectivity index (χ1v) is 6.28. The normalized spacial score (nSPS) is 10.6. The maximum Gasteiger partial charge on any atom is 0.124 e. The molecule has 1 aromatic carbocycles. The summed E-state index contributed by atoms with van der Waals surface area (Å²) in [6.07, 6.45) is 0. The number of nitrogens with zero attached hydrogens (tertiary/aromatic N) is 1. The lowest BCUT2D eigenvalue weighted by Crippen LogP contribution is -2.35. The molecule has 0 aliphatic rings. The fraction of sp³-hybridized carbons (Fsp3) is 0.417. The van der Waals surface area contributed by atoms with Crippen LogP contribution in [0.25, 0.3) is 0 Å². The van der Waals surface area contributed by atoms with Gasteiger partial charge in [0.1, 0.15) is 5.84 Å². The van der Waals surface area contributed by atoms with E-state index in [0.717, 1.165) is 10.2 Å². The molecule has 0 heterocycles. The molecule has 0 aliphatic carbocycles. The second-order valence-corrected chi connectivity index (χ2v) is 5.00. The average Bonchev–Trinajstić information content (AvgIpc) is 2.26. The average molecular weight is 300 g/mol. The van der Waals surface area contributed by atoms with Crippen LogP contribution in [-0.4, -0.2) is 30.1 Å². The summed E-state index contributed by atoms with van der Waals surface area (Å²) in [7, 11) is 0. The van der Waals surface area contributed by atoms with E-state index >= 15 is 0 Å². The highest BCUT2D eigenvalue weighted by Gasteiger charge is 2.15. The number of amidine groups is 1. The van der Waals surface area contributed by atoms with E-state index in [4.69, 9.17) is 16.2 Å². The summed E-state index contributed by atoms with van der Waals surface area (Å²) in [5, 5.41) is 16.7. The van der Waals surface area contributed by atoms with Gasteiger partial charge in [0.15, 0.2) is 0 Å². The van der Waals surface area contributed by atoms with Gasteiger partial charge in [-0.3, -0.25) is 5.41 Å². The third-order valence-electron chi connectivity index (χ3n) is 2.52. The van der Waals surface area contributed by atoms with Crippen LogP contribution in [0.3, 0.4) is 0 Å². The Bertz CT molecular complexity index is 407. The van der Waals surface area contributed by atoms with E-state index in [1.54, 1.807) is 0 Å². The van der Waals surface area contributed by atoms with Gasteiger partial charge in [-0.25, -0.2) is 0 Å². The molecule has 1 aromatic rings.